The van der Waals surface area contributed by atoms with Gasteiger partial charge >= 0.3 is 0 Å². The molecule has 0 radical (unpaired) electrons. The predicted octanol–water partition coefficient (Wildman–Crippen LogP) is 3.03. The Morgan fingerprint density at radius 2 is 2.20 bits per heavy atom. The summed E-state index contributed by atoms with van der Waals surface area (Å²) in [5, 5.41) is 3.28. The molecule has 0 atom stereocenters. The summed E-state index contributed by atoms with van der Waals surface area (Å²) in [7, 11) is 1.50. The van der Waals surface area contributed by atoms with Crippen LogP contribution in [-0.2, 0) is 6.42 Å². The fourth-order valence-corrected chi connectivity index (χ4v) is 1.84. The lowest BCUT2D eigenvalue weighted by Crippen LogP contribution is -2.24. The third-order valence-corrected chi connectivity index (χ3v) is 2.89. The maximum atomic E-state index is 13.9. The zero-order valence-electron chi connectivity index (χ0n) is 11.9. The molecule has 0 aliphatic heterocycles. The van der Waals surface area contributed by atoms with Crippen LogP contribution in [0.5, 0.6) is 5.75 Å². The number of nitrogens with one attached hydrogen (secondary N) is 1. The first-order valence-electron chi connectivity index (χ1n) is 6.62. The molecule has 0 aliphatic carbocycles. The highest BCUT2D eigenvalue weighted by Gasteiger charge is 2.12. The van der Waals surface area contributed by atoms with E-state index in [1.165, 1.54) is 13.2 Å². The van der Waals surface area contributed by atoms with Crippen LogP contribution in [0.3, 0.4) is 0 Å². The van der Waals surface area contributed by atoms with Gasteiger partial charge in [0.15, 0.2) is 11.7 Å². The van der Waals surface area contributed by atoms with Crippen molar-refractivity contribution in [3.05, 3.63) is 36.1 Å². The van der Waals surface area contributed by atoms with Gasteiger partial charge in [0.05, 0.1) is 18.9 Å². The van der Waals surface area contributed by atoms with E-state index >= 15 is 0 Å². The molecule has 0 unspecified atom stereocenters. The van der Waals surface area contributed by atoms with Gasteiger partial charge in [-0.25, -0.2) is 9.37 Å². The molecule has 0 fully saturated rings. The molecule has 2 rings (SSSR count). The minimum Gasteiger partial charge on any atom is -0.497 e. The zero-order chi connectivity index (χ0) is 14.5. The van der Waals surface area contributed by atoms with Crippen LogP contribution in [0, 0.1) is 5.82 Å². The molecule has 1 N–H and O–H groups in total. The van der Waals surface area contributed by atoms with Gasteiger partial charge in [-0.15, -0.1) is 0 Å². The van der Waals surface area contributed by atoms with E-state index in [0.29, 0.717) is 35.4 Å². The summed E-state index contributed by atoms with van der Waals surface area (Å²) in [5.74, 6) is 1.13. The third kappa shape index (κ3) is 3.57. The fraction of sp³-hybridized carbons (Fsp3) is 0.400. The number of hydrogen-bond donors (Lipinski definition) is 1. The predicted molar refractivity (Wildman–Crippen MR) is 75.3 cm³/mol. The topological polar surface area (TPSA) is 47.3 Å². The lowest BCUT2D eigenvalue weighted by molar-refractivity contribution is 0.411. The molecule has 0 spiro atoms. The van der Waals surface area contributed by atoms with Gasteiger partial charge in [-0.2, -0.15) is 0 Å². The SMILES string of the molecule is COc1ccc(-c2cnc(CCNC(C)C)o2)c(F)c1. The van der Waals surface area contributed by atoms with Crippen molar-refractivity contribution in [3.8, 4) is 17.1 Å². The number of methoxy groups -OCH3 is 1. The molecule has 0 amide bonds. The van der Waals surface area contributed by atoms with Crippen molar-refractivity contribution in [2.24, 2.45) is 0 Å². The first-order valence-corrected chi connectivity index (χ1v) is 6.62. The van der Waals surface area contributed by atoms with Crippen LogP contribution in [0.4, 0.5) is 4.39 Å². The molecule has 0 saturated carbocycles. The van der Waals surface area contributed by atoms with Gasteiger partial charge in [-0.3, -0.25) is 0 Å². The number of nitrogens with zero attached hydrogens (tertiary/aromatic N) is 1. The normalized spacial score (nSPS) is 11.1. The van der Waals surface area contributed by atoms with Gasteiger partial charge in [-0.05, 0) is 12.1 Å². The second-order valence-corrected chi connectivity index (χ2v) is 4.82. The van der Waals surface area contributed by atoms with Gasteiger partial charge in [-0.1, -0.05) is 13.8 Å². The van der Waals surface area contributed by atoms with Crippen molar-refractivity contribution >= 4 is 0 Å². The molecule has 1 heterocycles. The van der Waals surface area contributed by atoms with Crippen LogP contribution in [-0.4, -0.2) is 24.7 Å². The van der Waals surface area contributed by atoms with Gasteiger partial charge in [0.2, 0.25) is 0 Å². The molecule has 0 bridgehead atoms. The standard InChI is InChI=1S/C15H19FN2O2/c1-10(2)17-7-6-15-18-9-14(20-15)12-5-4-11(19-3)8-13(12)16/h4-5,8-10,17H,6-7H2,1-3H3. The molecule has 20 heavy (non-hydrogen) atoms. The third-order valence-electron chi connectivity index (χ3n) is 2.89. The highest BCUT2D eigenvalue weighted by atomic mass is 19.1. The number of aromatic nitrogens is 1. The Morgan fingerprint density at radius 1 is 1.40 bits per heavy atom. The molecule has 1 aromatic heterocycles. The van der Waals surface area contributed by atoms with Gasteiger partial charge in [0.25, 0.3) is 0 Å². The van der Waals surface area contributed by atoms with Crippen molar-refractivity contribution in [3.63, 3.8) is 0 Å². The number of ether oxygens (including phenoxy) is 1. The number of halogens is 1. The number of hydrogen-bond acceptors (Lipinski definition) is 4. The second-order valence-electron chi connectivity index (χ2n) is 4.82. The summed E-state index contributed by atoms with van der Waals surface area (Å²) in [5.41, 5.74) is 0.390. The van der Waals surface area contributed by atoms with Crippen LogP contribution >= 0.6 is 0 Å². The largest absolute Gasteiger partial charge is 0.497 e. The Morgan fingerprint density at radius 3 is 2.85 bits per heavy atom. The molecular weight excluding hydrogens is 259 g/mol. The molecule has 0 aliphatic rings. The molecule has 108 valence electrons. The first kappa shape index (κ1) is 14.5. The molecule has 5 heteroatoms. The van der Waals surface area contributed by atoms with Gasteiger partial charge in [0.1, 0.15) is 11.6 Å². The highest BCUT2D eigenvalue weighted by Crippen LogP contribution is 2.26. The first-order chi connectivity index (χ1) is 9.60. The van der Waals surface area contributed by atoms with E-state index in [1.54, 1.807) is 18.3 Å². The monoisotopic (exact) mass is 278 g/mol. The molecule has 1 aromatic carbocycles. The lowest BCUT2D eigenvalue weighted by atomic mass is 10.1. The van der Waals surface area contributed by atoms with E-state index in [9.17, 15) is 4.39 Å². The molecule has 4 nitrogen and oxygen atoms in total. The highest BCUT2D eigenvalue weighted by molar-refractivity contribution is 5.58. The summed E-state index contributed by atoms with van der Waals surface area (Å²) in [6.45, 7) is 4.93. The van der Waals surface area contributed by atoms with Crippen molar-refractivity contribution in [2.45, 2.75) is 26.3 Å². The van der Waals surface area contributed by atoms with E-state index in [1.807, 2.05) is 0 Å². The van der Waals surface area contributed by atoms with Gasteiger partial charge in [0, 0.05) is 25.1 Å². The summed E-state index contributed by atoms with van der Waals surface area (Å²) in [4.78, 5) is 4.17. The minimum atomic E-state index is -0.382. The number of benzene rings is 1. The maximum Gasteiger partial charge on any atom is 0.196 e. The summed E-state index contributed by atoms with van der Waals surface area (Å²) in [6.07, 6.45) is 2.23. The smallest absolute Gasteiger partial charge is 0.196 e. The lowest BCUT2D eigenvalue weighted by Gasteiger charge is -2.05. The van der Waals surface area contributed by atoms with E-state index in [2.05, 4.69) is 24.1 Å². The quantitative estimate of drug-likeness (QED) is 0.882. The summed E-state index contributed by atoms with van der Waals surface area (Å²) >= 11 is 0. The van der Waals surface area contributed by atoms with Crippen LogP contribution < -0.4 is 10.1 Å². The Balaban J connectivity index is 2.08. The Bertz CT molecular complexity index is 567. The Kier molecular flexibility index (Phi) is 4.74. The van der Waals surface area contributed by atoms with Crippen LogP contribution in [0.1, 0.15) is 19.7 Å². The number of oxazole rings is 1. The minimum absolute atomic E-state index is 0.382. The maximum absolute atomic E-state index is 13.9. The molecular formula is C15H19FN2O2. The number of rotatable bonds is 6. The summed E-state index contributed by atoms with van der Waals surface area (Å²) < 4.78 is 24.5. The zero-order valence-corrected chi connectivity index (χ0v) is 11.9. The van der Waals surface area contributed by atoms with Crippen LogP contribution in [0.15, 0.2) is 28.8 Å². The van der Waals surface area contributed by atoms with Crippen molar-refractivity contribution in [1.29, 1.82) is 0 Å². The Labute approximate surface area is 118 Å². The van der Waals surface area contributed by atoms with E-state index in [4.69, 9.17) is 9.15 Å². The van der Waals surface area contributed by atoms with Crippen molar-refractivity contribution in [1.82, 2.24) is 10.3 Å². The molecule has 2 aromatic rings. The Hall–Kier alpha value is -1.88. The second kappa shape index (κ2) is 6.52. The van der Waals surface area contributed by atoms with E-state index < -0.39 is 0 Å². The van der Waals surface area contributed by atoms with Crippen molar-refractivity contribution in [2.75, 3.05) is 13.7 Å². The summed E-state index contributed by atoms with van der Waals surface area (Å²) in [6, 6.07) is 5.08. The fourth-order valence-electron chi connectivity index (χ4n) is 1.84. The van der Waals surface area contributed by atoms with E-state index in [-0.39, 0.29) is 5.82 Å². The van der Waals surface area contributed by atoms with Crippen molar-refractivity contribution < 1.29 is 13.5 Å². The van der Waals surface area contributed by atoms with Crippen LogP contribution in [0.25, 0.3) is 11.3 Å². The molecule has 0 saturated heterocycles. The van der Waals surface area contributed by atoms with Crippen LogP contribution in [0.2, 0.25) is 0 Å². The van der Waals surface area contributed by atoms with Gasteiger partial charge < -0.3 is 14.5 Å². The van der Waals surface area contributed by atoms with E-state index in [0.717, 1.165) is 6.54 Å². The average Bonchev–Trinajstić information content (AvgIpc) is 2.86. The average molecular weight is 278 g/mol.